The largest absolute Gasteiger partial charge is 0.491 e. The van der Waals surface area contributed by atoms with E-state index in [-0.39, 0.29) is 6.10 Å². The van der Waals surface area contributed by atoms with Crippen LogP contribution in [0.3, 0.4) is 0 Å². The van der Waals surface area contributed by atoms with Crippen LogP contribution < -0.4 is 4.74 Å². The third kappa shape index (κ3) is 3.47. The highest BCUT2D eigenvalue weighted by atomic mass is 19.4. The molecule has 0 N–H and O–H groups in total. The summed E-state index contributed by atoms with van der Waals surface area (Å²) in [5, 5.41) is 0. The molecule has 0 fully saturated rings. The molecule has 1 rings (SSSR count). The topological polar surface area (TPSA) is 26.3 Å². The molecular formula is C12H13F3O2. The molecule has 0 aliphatic carbocycles. The Balaban J connectivity index is 3.08. The van der Waals surface area contributed by atoms with Gasteiger partial charge >= 0.3 is 6.18 Å². The van der Waals surface area contributed by atoms with Crippen LogP contribution in [0.15, 0.2) is 18.2 Å². The van der Waals surface area contributed by atoms with Crippen molar-refractivity contribution in [1.29, 1.82) is 0 Å². The van der Waals surface area contributed by atoms with E-state index < -0.39 is 17.5 Å². The zero-order valence-corrected chi connectivity index (χ0v) is 9.76. The first-order chi connectivity index (χ1) is 7.71. The minimum Gasteiger partial charge on any atom is -0.491 e. The van der Waals surface area contributed by atoms with Gasteiger partial charge in [-0.2, -0.15) is 13.2 Å². The Labute approximate surface area is 97.4 Å². The molecule has 0 saturated heterocycles. The summed E-state index contributed by atoms with van der Waals surface area (Å²) < 4.78 is 42.0. The summed E-state index contributed by atoms with van der Waals surface area (Å²) >= 11 is 0. The molecule has 0 bridgehead atoms. The summed E-state index contributed by atoms with van der Waals surface area (Å²) in [7, 11) is 0. The van der Waals surface area contributed by atoms with Crippen LogP contribution in [0.25, 0.3) is 0 Å². The van der Waals surface area contributed by atoms with Crippen molar-refractivity contribution in [2.75, 3.05) is 0 Å². The molecule has 0 aromatic heterocycles. The number of hydrogen-bond acceptors (Lipinski definition) is 2. The summed E-state index contributed by atoms with van der Waals surface area (Å²) in [6.07, 6.45) is -5.02. The Morgan fingerprint density at radius 3 is 2.35 bits per heavy atom. The number of aryl methyl sites for hydroxylation is 1. The molecule has 0 aliphatic rings. The molecule has 0 aliphatic heterocycles. The zero-order chi connectivity index (χ0) is 13.2. The van der Waals surface area contributed by atoms with Crippen molar-refractivity contribution < 1.29 is 22.7 Å². The number of halogens is 3. The fourth-order valence-electron chi connectivity index (χ4n) is 1.29. The van der Waals surface area contributed by atoms with Gasteiger partial charge in [0.25, 0.3) is 5.78 Å². The first-order valence-electron chi connectivity index (χ1n) is 5.10. The lowest BCUT2D eigenvalue weighted by molar-refractivity contribution is -0.0885. The third-order valence-electron chi connectivity index (χ3n) is 2.07. The van der Waals surface area contributed by atoms with Gasteiger partial charge in [0.2, 0.25) is 0 Å². The maximum Gasteiger partial charge on any atom is 0.454 e. The van der Waals surface area contributed by atoms with Gasteiger partial charge in [-0.1, -0.05) is 12.1 Å². The van der Waals surface area contributed by atoms with E-state index in [4.69, 9.17) is 4.74 Å². The van der Waals surface area contributed by atoms with Gasteiger partial charge in [-0.05, 0) is 32.4 Å². The van der Waals surface area contributed by atoms with Crippen LogP contribution >= 0.6 is 0 Å². The molecule has 2 nitrogen and oxygen atoms in total. The van der Waals surface area contributed by atoms with Crippen LogP contribution in [0, 0.1) is 6.92 Å². The number of hydrogen-bond donors (Lipinski definition) is 0. The quantitative estimate of drug-likeness (QED) is 0.762. The van der Waals surface area contributed by atoms with Crippen LogP contribution in [0.2, 0.25) is 0 Å². The third-order valence-corrected chi connectivity index (χ3v) is 2.07. The fraction of sp³-hybridized carbons (Fsp3) is 0.417. The number of carbonyl (C=O) groups is 1. The van der Waals surface area contributed by atoms with Gasteiger partial charge in [0.15, 0.2) is 0 Å². The monoisotopic (exact) mass is 246 g/mol. The Kier molecular flexibility index (Phi) is 3.80. The number of carbonyl (C=O) groups excluding carboxylic acids is 1. The summed E-state index contributed by atoms with van der Waals surface area (Å²) in [4.78, 5) is 11.0. The van der Waals surface area contributed by atoms with E-state index >= 15 is 0 Å². The molecule has 17 heavy (non-hydrogen) atoms. The lowest BCUT2D eigenvalue weighted by Gasteiger charge is -2.14. The molecule has 0 spiro atoms. The van der Waals surface area contributed by atoms with Crippen LogP contribution in [0.4, 0.5) is 13.2 Å². The van der Waals surface area contributed by atoms with Gasteiger partial charge in [0, 0.05) is 5.56 Å². The van der Waals surface area contributed by atoms with Gasteiger partial charge in [0.1, 0.15) is 5.75 Å². The Morgan fingerprint density at radius 1 is 1.29 bits per heavy atom. The van der Waals surface area contributed by atoms with E-state index in [1.54, 1.807) is 20.8 Å². The molecule has 0 atom stereocenters. The molecule has 0 radical (unpaired) electrons. The van der Waals surface area contributed by atoms with E-state index in [2.05, 4.69) is 0 Å². The zero-order valence-electron chi connectivity index (χ0n) is 9.76. The first-order valence-corrected chi connectivity index (χ1v) is 5.10. The highest BCUT2D eigenvalue weighted by Crippen LogP contribution is 2.26. The number of ether oxygens (including phenoxy) is 1. The molecule has 1 aromatic rings. The number of alkyl halides is 3. The minimum atomic E-state index is -4.86. The SMILES string of the molecule is Cc1ccc(C(=O)C(F)(F)F)cc1OC(C)C. The van der Waals surface area contributed by atoms with Crippen molar-refractivity contribution in [2.45, 2.75) is 33.1 Å². The Bertz CT molecular complexity index is 422. The molecule has 5 heteroatoms. The average molecular weight is 246 g/mol. The highest BCUT2D eigenvalue weighted by Gasteiger charge is 2.39. The molecule has 0 saturated carbocycles. The van der Waals surface area contributed by atoms with Gasteiger partial charge in [0.05, 0.1) is 6.10 Å². The van der Waals surface area contributed by atoms with Gasteiger partial charge < -0.3 is 4.74 Å². The Morgan fingerprint density at radius 2 is 1.88 bits per heavy atom. The van der Waals surface area contributed by atoms with E-state index in [9.17, 15) is 18.0 Å². The van der Waals surface area contributed by atoms with Crippen molar-refractivity contribution in [3.8, 4) is 5.75 Å². The maximum atomic E-state index is 12.2. The van der Waals surface area contributed by atoms with E-state index in [0.29, 0.717) is 11.3 Å². The fourth-order valence-corrected chi connectivity index (χ4v) is 1.29. The van der Waals surface area contributed by atoms with Crippen LogP contribution in [-0.4, -0.2) is 18.1 Å². The smallest absolute Gasteiger partial charge is 0.454 e. The summed E-state index contributed by atoms with van der Waals surface area (Å²) in [6.45, 7) is 5.23. The second-order valence-electron chi connectivity index (χ2n) is 3.97. The lowest BCUT2D eigenvalue weighted by Crippen LogP contribution is -2.22. The van der Waals surface area contributed by atoms with E-state index in [1.165, 1.54) is 6.07 Å². The molecule has 0 heterocycles. The minimum absolute atomic E-state index is 0.162. The van der Waals surface area contributed by atoms with Crippen LogP contribution in [0.1, 0.15) is 29.8 Å². The second-order valence-corrected chi connectivity index (χ2v) is 3.97. The standard InChI is InChI=1S/C12H13F3O2/c1-7(2)17-10-6-9(5-4-8(10)3)11(16)12(13,14)15/h4-7H,1-3H3. The number of rotatable bonds is 3. The molecule has 94 valence electrons. The van der Waals surface area contributed by atoms with Crippen molar-refractivity contribution >= 4 is 5.78 Å². The van der Waals surface area contributed by atoms with E-state index in [1.807, 2.05) is 0 Å². The second kappa shape index (κ2) is 4.77. The maximum absolute atomic E-state index is 12.2. The molecule has 0 amide bonds. The van der Waals surface area contributed by atoms with E-state index in [0.717, 1.165) is 12.1 Å². The summed E-state index contributed by atoms with van der Waals surface area (Å²) in [5.74, 6) is -1.55. The predicted octanol–water partition coefficient (Wildman–Crippen LogP) is 3.53. The van der Waals surface area contributed by atoms with Crippen molar-refractivity contribution in [3.63, 3.8) is 0 Å². The van der Waals surface area contributed by atoms with Crippen LogP contribution in [0.5, 0.6) is 5.75 Å². The summed E-state index contributed by atoms with van der Waals surface area (Å²) in [6, 6.07) is 3.72. The van der Waals surface area contributed by atoms with Gasteiger partial charge in [-0.25, -0.2) is 0 Å². The lowest BCUT2D eigenvalue weighted by atomic mass is 10.1. The predicted molar refractivity (Wildman–Crippen MR) is 57.3 cm³/mol. The Hall–Kier alpha value is -1.52. The van der Waals surface area contributed by atoms with Crippen LogP contribution in [-0.2, 0) is 0 Å². The first kappa shape index (κ1) is 13.5. The summed E-state index contributed by atoms with van der Waals surface area (Å²) in [5.41, 5.74) is 0.288. The highest BCUT2D eigenvalue weighted by molar-refractivity contribution is 6.00. The molecule has 1 aromatic carbocycles. The number of Topliss-reactive ketones (excluding diaryl/α,β-unsaturated/α-hetero) is 1. The van der Waals surface area contributed by atoms with Crippen molar-refractivity contribution in [3.05, 3.63) is 29.3 Å². The van der Waals surface area contributed by atoms with Gasteiger partial charge in [-0.15, -0.1) is 0 Å². The molecular weight excluding hydrogens is 233 g/mol. The van der Waals surface area contributed by atoms with Gasteiger partial charge in [-0.3, -0.25) is 4.79 Å². The average Bonchev–Trinajstić information content (AvgIpc) is 2.18. The number of ketones is 1. The van der Waals surface area contributed by atoms with Crippen molar-refractivity contribution in [2.24, 2.45) is 0 Å². The van der Waals surface area contributed by atoms with Crippen molar-refractivity contribution in [1.82, 2.24) is 0 Å². The normalized spacial score (nSPS) is 11.7. The number of benzene rings is 1. The molecule has 0 unspecified atom stereocenters.